The summed E-state index contributed by atoms with van der Waals surface area (Å²) in [6.45, 7) is 4.04. The summed E-state index contributed by atoms with van der Waals surface area (Å²) in [5.41, 5.74) is 1.39. The van der Waals surface area contributed by atoms with Gasteiger partial charge in [0.05, 0.1) is 16.6 Å². The fourth-order valence-corrected chi connectivity index (χ4v) is 3.67. The molecular weight excluding hydrogens is 436 g/mol. The molecule has 0 unspecified atom stereocenters. The molecule has 4 rings (SSSR count). The number of halogens is 1. The molecule has 2 amide bonds. The zero-order chi connectivity index (χ0) is 22.3. The molecule has 0 spiro atoms. The monoisotopic (exact) mass is 452 g/mol. The van der Waals surface area contributed by atoms with Gasteiger partial charge in [-0.15, -0.1) is 0 Å². The number of nitrogens with zero attached hydrogens (tertiary/aromatic N) is 1. The Morgan fingerprint density at radius 3 is 2.48 bits per heavy atom. The minimum atomic E-state index is -0.685. The molecule has 31 heavy (non-hydrogen) atoms. The van der Waals surface area contributed by atoms with Gasteiger partial charge in [-0.3, -0.25) is 24.6 Å². The summed E-state index contributed by atoms with van der Waals surface area (Å²) in [5, 5.41) is 3.31. The highest BCUT2D eigenvalue weighted by atomic mass is 35.5. The van der Waals surface area contributed by atoms with E-state index in [1.807, 2.05) is 19.9 Å². The number of thiocarbonyl (C=S) groups is 1. The van der Waals surface area contributed by atoms with E-state index in [9.17, 15) is 14.4 Å². The highest BCUT2D eigenvalue weighted by Gasteiger charge is 2.34. The molecule has 1 aromatic heterocycles. The van der Waals surface area contributed by atoms with Gasteiger partial charge < -0.3 is 4.42 Å². The Labute approximate surface area is 188 Å². The van der Waals surface area contributed by atoms with Crippen molar-refractivity contribution in [2.45, 2.75) is 19.8 Å². The van der Waals surface area contributed by atoms with Crippen molar-refractivity contribution in [3.8, 4) is 0 Å². The van der Waals surface area contributed by atoms with Crippen molar-refractivity contribution in [2.75, 3.05) is 4.90 Å². The van der Waals surface area contributed by atoms with E-state index in [1.54, 1.807) is 36.4 Å². The Hall–Kier alpha value is -3.29. The van der Waals surface area contributed by atoms with Crippen LogP contribution in [-0.2, 0) is 9.59 Å². The van der Waals surface area contributed by atoms with Gasteiger partial charge in [0.25, 0.3) is 11.8 Å². The minimum absolute atomic E-state index is 0.0541. The number of amides is 2. The van der Waals surface area contributed by atoms with Crippen LogP contribution < -0.4 is 15.6 Å². The second-order valence-corrected chi connectivity index (χ2v) is 8.19. The second kappa shape index (κ2) is 8.09. The van der Waals surface area contributed by atoms with Crippen LogP contribution in [0, 0.1) is 0 Å². The highest BCUT2D eigenvalue weighted by molar-refractivity contribution is 7.80. The third-order valence-corrected chi connectivity index (χ3v) is 5.51. The zero-order valence-electron chi connectivity index (χ0n) is 16.6. The SMILES string of the molecule is CC(C)c1ccc2occ(C=C3C(=O)NC(=S)N(c4ccc(Cl)cc4)C3=O)c(=O)c2c1. The van der Waals surface area contributed by atoms with Gasteiger partial charge in [-0.1, -0.05) is 31.5 Å². The lowest BCUT2D eigenvalue weighted by Gasteiger charge is -2.28. The van der Waals surface area contributed by atoms with Gasteiger partial charge in [0.15, 0.2) is 10.5 Å². The number of hydrogen-bond acceptors (Lipinski definition) is 5. The summed E-state index contributed by atoms with van der Waals surface area (Å²) >= 11 is 11.1. The molecule has 1 N–H and O–H groups in total. The summed E-state index contributed by atoms with van der Waals surface area (Å²) in [7, 11) is 0. The topological polar surface area (TPSA) is 79.6 Å². The van der Waals surface area contributed by atoms with Crippen molar-refractivity contribution in [1.29, 1.82) is 0 Å². The first-order valence-electron chi connectivity index (χ1n) is 9.48. The van der Waals surface area contributed by atoms with Crippen molar-refractivity contribution in [2.24, 2.45) is 0 Å². The summed E-state index contributed by atoms with van der Waals surface area (Å²) < 4.78 is 5.57. The Morgan fingerprint density at radius 2 is 1.81 bits per heavy atom. The predicted molar refractivity (Wildman–Crippen MR) is 124 cm³/mol. The molecule has 3 aromatic rings. The van der Waals surface area contributed by atoms with Gasteiger partial charge in [-0.25, -0.2) is 0 Å². The van der Waals surface area contributed by atoms with Gasteiger partial charge in [-0.2, -0.15) is 0 Å². The quantitative estimate of drug-likeness (QED) is 0.362. The van der Waals surface area contributed by atoms with Crippen molar-refractivity contribution >= 4 is 63.5 Å². The lowest BCUT2D eigenvalue weighted by atomic mass is 10.0. The summed E-state index contributed by atoms with van der Waals surface area (Å²) in [5.74, 6) is -1.10. The first kappa shape index (κ1) is 21.0. The number of anilines is 1. The van der Waals surface area contributed by atoms with Crippen LogP contribution in [0.2, 0.25) is 5.02 Å². The number of carbonyl (C=O) groups is 2. The van der Waals surface area contributed by atoms with Crippen LogP contribution in [0.5, 0.6) is 0 Å². The molecule has 8 heteroatoms. The summed E-state index contributed by atoms with van der Waals surface area (Å²) in [6.07, 6.45) is 2.47. The summed E-state index contributed by atoms with van der Waals surface area (Å²) in [4.78, 5) is 39.8. The molecule has 1 fully saturated rings. The molecule has 0 saturated carbocycles. The van der Waals surface area contributed by atoms with E-state index in [-0.39, 0.29) is 27.6 Å². The zero-order valence-corrected chi connectivity index (χ0v) is 18.2. The minimum Gasteiger partial charge on any atom is -0.463 e. The first-order valence-corrected chi connectivity index (χ1v) is 10.3. The van der Waals surface area contributed by atoms with Crippen LogP contribution in [0.25, 0.3) is 17.0 Å². The predicted octanol–water partition coefficient (Wildman–Crippen LogP) is 4.40. The van der Waals surface area contributed by atoms with Gasteiger partial charge in [0.2, 0.25) is 0 Å². The number of carbonyl (C=O) groups excluding carboxylic acids is 2. The second-order valence-electron chi connectivity index (χ2n) is 7.36. The van der Waals surface area contributed by atoms with Crippen molar-refractivity contribution in [1.82, 2.24) is 5.32 Å². The van der Waals surface area contributed by atoms with Crippen LogP contribution >= 0.6 is 23.8 Å². The Kier molecular flexibility index (Phi) is 5.47. The van der Waals surface area contributed by atoms with Gasteiger partial charge in [0.1, 0.15) is 17.4 Å². The van der Waals surface area contributed by atoms with Crippen LogP contribution in [0.1, 0.15) is 30.9 Å². The van der Waals surface area contributed by atoms with E-state index >= 15 is 0 Å². The number of benzene rings is 2. The van der Waals surface area contributed by atoms with Crippen molar-refractivity contribution < 1.29 is 14.0 Å². The molecule has 1 aliphatic rings. The largest absolute Gasteiger partial charge is 0.463 e. The Morgan fingerprint density at radius 1 is 1.10 bits per heavy atom. The van der Waals surface area contributed by atoms with Gasteiger partial charge in [-0.05, 0) is 66.2 Å². The average Bonchev–Trinajstić information content (AvgIpc) is 2.73. The lowest BCUT2D eigenvalue weighted by molar-refractivity contribution is -0.122. The number of fused-ring (bicyclic) bond motifs is 1. The molecule has 156 valence electrons. The van der Waals surface area contributed by atoms with Gasteiger partial charge in [0, 0.05) is 5.02 Å². The molecule has 2 aromatic carbocycles. The van der Waals surface area contributed by atoms with E-state index in [0.29, 0.717) is 21.7 Å². The molecule has 0 bridgehead atoms. The third-order valence-electron chi connectivity index (χ3n) is 4.98. The normalized spacial score (nSPS) is 15.8. The average molecular weight is 453 g/mol. The molecule has 0 aliphatic carbocycles. The van der Waals surface area contributed by atoms with E-state index in [2.05, 4.69) is 5.32 Å². The van der Waals surface area contributed by atoms with Crippen LogP contribution in [-0.4, -0.2) is 16.9 Å². The number of rotatable bonds is 3. The van der Waals surface area contributed by atoms with Crippen LogP contribution in [0.4, 0.5) is 5.69 Å². The van der Waals surface area contributed by atoms with E-state index in [0.717, 1.165) is 5.56 Å². The molecule has 0 radical (unpaired) electrons. The first-order chi connectivity index (χ1) is 14.8. The van der Waals surface area contributed by atoms with Crippen molar-refractivity contribution in [3.63, 3.8) is 0 Å². The summed E-state index contributed by atoms with van der Waals surface area (Å²) in [6, 6.07) is 11.8. The van der Waals surface area contributed by atoms with E-state index in [4.69, 9.17) is 28.2 Å². The number of hydrogen-bond donors (Lipinski definition) is 1. The fraction of sp³-hybridized carbons (Fsp3) is 0.130. The lowest BCUT2D eigenvalue weighted by Crippen LogP contribution is -2.54. The fourth-order valence-electron chi connectivity index (χ4n) is 3.26. The van der Waals surface area contributed by atoms with E-state index < -0.39 is 11.8 Å². The maximum Gasteiger partial charge on any atom is 0.270 e. The van der Waals surface area contributed by atoms with Crippen molar-refractivity contribution in [3.05, 3.63) is 80.7 Å². The standard InChI is InChI=1S/C23H17ClN2O4S/c1-12(2)13-3-8-19-17(9-13)20(27)14(11-30-19)10-18-21(28)25-23(31)26(22(18)29)16-6-4-15(24)5-7-16/h3-12H,1-2H3,(H,25,28,31). The maximum atomic E-state index is 13.1. The van der Waals surface area contributed by atoms with Crippen LogP contribution in [0.15, 0.2) is 63.5 Å². The molecule has 1 aliphatic heterocycles. The smallest absolute Gasteiger partial charge is 0.270 e. The molecular formula is C23H17ClN2O4S. The third kappa shape index (κ3) is 3.89. The van der Waals surface area contributed by atoms with E-state index in [1.165, 1.54) is 17.2 Å². The Balaban J connectivity index is 1.80. The Bertz CT molecular complexity index is 1330. The molecule has 0 atom stereocenters. The molecule has 1 saturated heterocycles. The number of nitrogens with one attached hydrogen (secondary N) is 1. The van der Waals surface area contributed by atoms with Gasteiger partial charge >= 0.3 is 0 Å². The van der Waals surface area contributed by atoms with Crippen LogP contribution in [0.3, 0.4) is 0 Å². The highest BCUT2D eigenvalue weighted by Crippen LogP contribution is 2.24. The molecule has 6 nitrogen and oxygen atoms in total. The maximum absolute atomic E-state index is 13.1. The molecule has 2 heterocycles.